The summed E-state index contributed by atoms with van der Waals surface area (Å²) in [5.74, 6) is 1.61. The van der Waals surface area contributed by atoms with Gasteiger partial charge in [-0.15, -0.1) is 0 Å². The molecule has 0 spiro atoms. The van der Waals surface area contributed by atoms with Crippen LogP contribution >= 0.6 is 0 Å². The molecule has 0 radical (unpaired) electrons. The molecule has 0 saturated carbocycles. The van der Waals surface area contributed by atoms with Gasteiger partial charge in [-0.2, -0.15) is 0 Å². The van der Waals surface area contributed by atoms with Gasteiger partial charge >= 0.3 is 0 Å². The van der Waals surface area contributed by atoms with E-state index in [0.717, 1.165) is 24.4 Å². The Bertz CT molecular complexity index is 483. The first-order valence-corrected chi connectivity index (χ1v) is 7.12. The van der Waals surface area contributed by atoms with Crippen molar-refractivity contribution in [3.8, 4) is 5.75 Å². The van der Waals surface area contributed by atoms with Crippen molar-refractivity contribution in [3.05, 3.63) is 29.3 Å². The van der Waals surface area contributed by atoms with Crippen molar-refractivity contribution in [2.75, 3.05) is 27.2 Å². The summed E-state index contributed by atoms with van der Waals surface area (Å²) in [5.41, 5.74) is 2.24. The Morgan fingerprint density at radius 2 is 2.20 bits per heavy atom. The van der Waals surface area contributed by atoms with Crippen molar-refractivity contribution >= 4 is 5.91 Å². The van der Waals surface area contributed by atoms with Crippen LogP contribution in [0.5, 0.6) is 5.75 Å². The number of nitrogens with one attached hydrogen (secondary N) is 1. The van der Waals surface area contributed by atoms with Gasteiger partial charge in [0.05, 0.1) is 7.11 Å². The smallest absolute Gasteiger partial charge is 0.225 e. The Morgan fingerprint density at radius 1 is 1.50 bits per heavy atom. The van der Waals surface area contributed by atoms with Crippen LogP contribution in [0, 0.1) is 18.8 Å². The fourth-order valence-corrected chi connectivity index (χ4v) is 2.58. The minimum atomic E-state index is 0.0806. The van der Waals surface area contributed by atoms with E-state index in [-0.39, 0.29) is 11.8 Å². The number of nitrogens with zero attached hydrogens (tertiary/aromatic N) is 1. The molecule has 1 N–H and O–H groups in total. The fourth-order valence-electron chi connectivity index (χ4n) is 2.58. The van der Waals surface area contributed by atoms with E-state index < -0.39 is 0 Å². The summed E-state index contributed by atoms with van der Waals surface area (Å²) in [4.78, 5) is 14.2. The maximum absolute atomic E-state index is 12.4. The molecule has 2 rings (SSSR count). The van der Waals surface area contributed by atoms with Crippen molar-refractivity contribution in [2.45, 2.75) is 20.4 Å². The number of aryl methyl sites for hydroxylation is 1. The molecular formula is C16H24N2O2. The zero-order chi connectivity index (χ0) is 14.7. The molecule has 1 aromatic carbocycles. The van der Waals surface area contributed by atoms with E-state index in [1.165, 1.54) is 5.56 Å². The highest BCUT2D eigenvalue weighted by atomic mass is 16.5. The van der Waals surface area contributed by atoms with Crippen molar-refractivity contribution in [1.29, 1.82) is 0 Å². The number of benzene rings is 1. The first kappa shape index (κ1) is 14.9. The van der Waals surface area contributed by atoms with Crippen molar-refractivity contribution in [3.63, 3.8) is 0 Å². The second-order valence-electron chi connectivity index (χ2n) is 5.72. The highest BCUT2D eigenvalue weighted by Crippen LogP contribution is 2.23. The summed E-state index contributed by atoms with van der Waals surface area (Å²) < 4.78 is 5.37. The topological polar surface area (TPSA) is 41.6 Å². The SMILES string of the molecule is COc1ccc(C)cc1CN(C)C(=O)C(C)C1CNC1. The molecule has 1 aliphatic heterocycles. The van der Waals surface area contributed by atoms with Gasteiger partial charge < -0.3 is 15.0 Å². The Labute approximate surface area is 121 Å². The largest absolute Gasteiger partial charge is 0.496 e. The molecule has 4 heteroatoms. The van der Waals surface area contributed by atoms with Crippen molar-refractivity contribution in [1.82, 2.24) is 10.2 Å². The molecule has 1 aliphatic rings. The number of carbonyl (C=O) groups excluding carboxylic acids is 1. The third kappa shape index (κ3) is 3.12. The molecular weight excluding hydrogens is 252 g/mol. The molecule has 1 amide bonds. The van der Waals surface area contributed by atoms with Gasteiger partial charge in [-0.3, -0.25) is 4.79 Å². The Kier molecular flexibility index (Phi) is 4.65. The van der Waals surface area contributed by atoms with E-state index in [2.05, 4.69) is 11.4 Å². The minimum absolute atomic E-state index is 0.0806. The van der Waals surface area contributed by atoms with Crippen LogP contribution in [0.2, 0.25) is 0 Å². The quantitative estimate of drug-likeness (QED) is 0.892. The van der Waals surface area contributed by atoms with Gasteiger partial charge in [0, 0.05) is 25.1 Å². The van der Waals surface area contributed by atoms with E-state index in [4.69, 9.17) is 4.74 Å². The number of methoxy groups -OCH3 is 1. The van der Waals surface area contributed by atoms with E-state index in [1.54, 1.807) is 12.0 Å². The summed E-state index contributed by atoms with van der Waals surface area (Å²) in [6.45, 7) is 6.57. The van der Waals surface area contributed by atoms with Crippen LogP contribution in [0.15, 0.2) is 18.2 Å². The Balaban J connectivity index is 2.04. The maximum Gasteiger partial charge on any atom is 0.225 e. The third-order valence-electron chi connectivity index (χ3n) is 4.13. The molecule has 1 atom stereocenters. The van der Waals surface area contributed by atoms with E-state index in [1.807, 2.05) is 33.0 Å². The lowest BCUT2D eigenvalue weighted by molar-refractivity contribution is -0.136. The van der Waals surface area contributed by atoms with Crippen LogP contribution in [0.25, 0.3) is 0 Å². The fraction of sp³-hybridized carbons (Fsp3) is 0.562. The van der Waals surface area contributed by atoms with Crippen LogP contribution < -0.4 is 10.1 Å². The molecule has 1 aromatic rings. The summed E-state index contributed by atoms with van der Waals surface area (Å²) in [6.07, 6.45) is 0. The number of hydrogen-bond donors (Lipinski definition) is 1. The van der Waals surface area contributed by atoms with Gasteiger partial charge in [-0.25, -0.2) is 0 Å². The van der Waals surface area contributed by atoms with Gasteiger partial charge in [0.1, 0.15) is 5.75 Å². The molecule has 1 fully saturated rings. The lowest BCUT2D eigenvalue weighted by Crippen LogP contribution is -2.49. The van der Waals surface area contributed by atoms with Crippen LogP contribution in [0.4, 0.5) is 0 Å². The van der Waals surface area contributed by atoms with Crippen LogP contribution in [-0.2, 0) is 11.3 Å². The maximum atomic E-state index is 12.4. The zero-order valence-electron chi connectivity index (χ0n) is 12.8. The summed E-state index contributed by atoms with van der Waals surface area (Å²) in [5, 5.41) is 3.22. The molecule has 4 nitrogen and oxygen atoms in total. The van der Waals surface area contributed by atoms with Gasteiger partial charge in [0.15, 0.2) is 0 Å². The van der Waals surface area contributed by atoms with Gasteiger partial charge in [-0.1, -0.05) is 24.6 Å². The summed E-state index contributed by atoms with van der Waals surface area (Å²) in [6, 6.07) is 6.06. The lowest BCUT2D eigenvalue weighted by Gasteiger charge is -2.34. The highest BCUT2D eigenvalue weighted by Gasteiger charge is 2.30. The van der Waals surface area contributed by atoms with Gasteiger partial charge in [-0.05, 0) is 32.0 Å². The summed E-state index contributed by atoms with van der Waals surface area (Å²) in [7, 11) is 3.53. The number of hydrogen-bond acceptors (Lipinski definition) is 3. The second kappa shape index (κ2) is 6.27. The van der Waals surface area contributed by atoms with E-state index >= 15 is 0 Å². The number of rotatable bonds is 5. The molecule has 110 valence electrons. The Hall–Kier alpha value is -1.55. The number of amides is 1. The van der Waals surface area contributed by atoms with E-state index in [9.17, 15) is 4.79 Å². The van der Waals surface area contributed by atoms with E-state index in [0.29, 0.717) is 12.5 Å². The predicted molar refractivity (Wildman–Crippen MR) is 79.7 cm³/mol. The zero-order valence-corrected chi connectivity index (χ0v) is 12.8. The predicted octanol–water partition coefficient (Wildman–Crippen LogP) is 1.82. The van der Waals surface area contributed by atoms with Crippen LogP contribution in [0.1, 0.15) is 18.1 Å². The molecule has 0 aliphatic carbocycles. The highest BCUT2D eigenvalue weighted by molar-refractivity contribution is 5.78. The normalized spacial score (nSPS) is 16.4. The summed E-state index contributed by atoms with van der Waals surface area (Å²) >= 11 is 0. The average Bonchev–Trinajstić information content (AvgIpc) is 2.36. The molecule has 1 unspecified atom stereocenters. The Morgan fingerprint density at radius 3 is 2.75 bits per heavy atom. The van der Waals surface area contributed by atoms with Gasteiger partial charge in [0.25, 0.3) is 0 Å². The second-order valence-corrected chi connectivity index (χ2v) is 5.72. The molecule has 1 saturated heterocycles. The first-order chi connectivity index (χ1) is 9.52. The van der Waals surface area contributed by atoms with Crippen LogP contribution in [0.3, 0.4) is 0 Å². The molecule has 0 bridgehead atoms. The monoisotopic (exact) mass is 276 g/mol. The minimum Gasteiger partial charge on any atom is -0.496 e. The molecule has 1 heterocycles. The molecule has 20 heavy (non-hydrogen) atoms. The number of carbonyl (C=O) groups is 1. The van der Waals surface area contributed by atoms with Gasteiger partial charge in [0.2, 0.25) is 5.91 Å². The average molecular weight is 276 g/mol. The first-order valence-electron chi connectivity index (χ1n) is 7.12. The van der Waals surface area contributed by atoms with Crippen molar-refractivity contribution < 1.29 is 9.53 Å². The third-order valence-corrected chi connectivity index (χ3v) is 4.13. The molecule has 0 aromatic heterocycles. The van der Waals surface area contributed by atoms with Crippen molar-refractivity contribution in [2.24, 2.45) is 11.8 Å². The standard InChI is InChI=1S/C16H24N2O2/c1-11-5-6-15(20-4)13(7-11)10-18(3)16(19)12(2)14-8-17-9-14/h5-7,12,14,17H,8-10H2,1-4H3. The lowest BCUT2D eigenvalue weighted by atomic mass is 9.88. The van der Waals surface area contributed by atoms with Crippen LogP contribution in [-0.4, -0.2) is 38.1 Å². The number of ether oxygens (including phenoxy) is 1.